The summed E-state index contributed by atoms with van der Waals surface area (Å²) in [6, 6.07) is 15.2. The van der Waals surface area contributed by atoms with Crippen LogP contribution in [0.25, 0.3) is 11.3 Å². The lowest BCUT2D eigenvalue weighted by atomic mass is 9.93. The summed E-state index contributed by atoms with van der Waals surface area (Å²) < 4.78 is 8.15. The number of aromatic amines is 2. The number of carbonyl (C=O) groups excluding carboxylic acids is 1. The SMILES string of the molecule is CCO.C[C@H]1CC[C@@H](c2cc3[nH]c(=O)cc(O)n3n2)N(C(=O)OCc2ccccc2)C1.C[C@H]1CC[C@@H](c2cc3[nH]c(=O)cc(O)n3n2)NC1. The molecule has 4 atom stereocenters. The van der Waals surface area contributed by atoms with Gasteiger partial charge in [-0.2, -0.15) is 19.2 Å². The van der Waals surface area contributed by atoms with E-state index in [9.17, 15) is 24.6 Å². The molecule has 2 fully saturated rings. The van der Waals surface area contributed by atoms with Gasteiger partial charge in [0.15, 0.2) is 0 Å². The first-order valence-electron chi connectivity index (χ1n) is 16.5. The van der Waals surface area contributed by atoms with Gasteiger partial charge in [0.25, 0.3) is 11.1 Å². The molecule has 5 aromatic rings. The van der Waals surface area contributed by atoms with Gasteiger partial charge in [-0.3, -0.25) is 14.5 Å². The number of aromatic hydroxyl groups is 2. The van der Waals surface area contributed by atoms with Crippen LogP contribution in [-0.2, 0) is 11.3 Å². The van der Waals surface area contributed by atoms with Crippen LogP contribution in [0.3, 0.4) is 0 Å². The second-order valence-electron chi connectivity index (χ2n) is 12.6. The van der Waals surface area contributed by atoms with Gasteiger partial charge in [-0.05, 0) is 56.6 Å². The number of fused-ring (bicyclic) bond motifs is 2. The third kappa shape index (κ3) is 8.66. The van der Waals surface area contributed by atoms with Crippen LogP contribution in [0.4, 0.5) is 4.79 Å². The van der Waals surface area contributed by atoms with Gasteiger partial charge in [-0.1, -0.05) is 44.2 Å². The highest BCUT2D eigenvalue weighted by Gasteiger charge is 2.34. The zero-order chi connectivity index (χ0) is 35.1. The number of nitrogens with zero attached hydrogens (tertiary/aromatic N) is 5. The Morgan fingerprint density at radius 3 is 2.02 bits per heavy atom. The van der Waals surface area contributed by atoms with Gasteiger partial charge in [0.05, 0.1) is 35.6 Å². The number of H-pyrrole nitrogens is 2. The Bertz CT molecular complexity index is 1960. The minimum Gasteiger partial charge on any atom is -0.493 e. The molecule has 6 heterocycles. The average molecular weight is 677 g/mol. The van der Waals surface area contributed by atoms with E-state index in [0.29, 0.717) is 35.4 Å². The van der Waals surface area contributed by atoms with Gasteiger partial charge in [-0.25, -0.2) is 4.79 Å². The standard InChI is InChI=1S/C20H22N4O4.C12H16N4O2.C2H6O/c1-13-7-8-16(15-9-17-21-18(25)10-19(26)24(17)22-15)23(11-13)20(27)28-12-14-5-3-2-4-6-14;1-7-2-3-8(13-6-7)9-4-10-14-11(17)5-12(18)16(10)15-9;1-2-3/h2-6,9-10,13,16,26H,7-8,11-12H2,1H3,(H,21,25);4-5,7-8,13,18H,2-3,6H2,1H3,(H,14,17);3H,2H2,1H3/t13-,16-;7-,8-;/m00./s1. The topological polar surface area (TPSA) is 203 Å². The number of aliphatic hydroxyl groups is 1. The molecule has 0 bridgehead atoms. The van der Waals surface area contributed by atoms with Gasteiger partial charge >= 0.3 is 6.09 Å². The fourth-order valence-electron chi connectivity index (χ4n) is 6.06. The van der Waals surface area contributed by atoms with Crippen molar-refractivity contribution in [3.8, 4) is 11.8 Å². The maximum absolute atomic E-state index is 12.8. The molecule has 0 aliphatic carbocycles. The maximum Gasteiger partial charge on any atom is 0.410 e. The summed E-state index contributed by atoms with van der Waals surface area (Å²) in [5, 5.41) is 39.4. The van der Waals surface area contributed by atoms with Gasteiger partial charge in [-0.15, -0.1) is 0 Å². The van der Waals surface area contributed by atoms with Crippen LogP contribution in [0.5, 0.6) is 11.8 Å². The molecule has 1 aromatic carbocycles. The van der Waals surface area contributed by atoms with E-state index in [1.165, 1.54) is 9.03 Å². The molecule has 0 radical (unpaired) electrons. The number of likely N-dealkylation sites (tertiary alicyclic amines) is 1. The Kier molecular flexibility index (Phi) is 11.4. The van der Waals surface area contributed by atoms with Crippen molar-refractivity contribution in [3.63, 3.8) is 0 Å². The van der Waals surface area contributed by atoms with Gasteiger partial charge in [0.1, 0.15) is 17.9 Å². The van der Waals surface area contributed by atoms with Crippen molar-refractivity contribution in [2.75, 3.05) is 19.7 Å². The molecular weight excluding hydrogens is 632 g/mol. The molecular formula is C34H44N8O7. The molecule has 15 heteroatoms. The van der Waals surface area contributed by atoms with Crippen molar-refractivity contribution in [3.05, 3.63) is 92.3 Å². The van der Waals surface area contributed by atoms with Crippen molar-refractivity contribution in [1.82, 2.24) is 39.4 Å². The lowest BCUT2D eigenvalue weighted by Crippen LogP contribution is -2.42. The summed E-state index contributed by atoms with van der Waals surface area (Å²) in [5.41, 5.74) is 2.57. The number of benzene rings is 1. The van der Waals surface area contributed by atoms with Crippen molar-refractivity contribution in [2.24, 2.45) is 11.8 Å². The Balaban J connectivity index is 0.000000191. The van der Waals surface area contributed by atoms with E-state index in [0.717, 1.165) is 55.6 Å². The van der Waals surface area contributed by atoms with E-state index in [1.54, 1.807) is 17.9 Å². The zero-order valence-electron chi connectivity index (χ0n) is 27.9. The molecule has 6 N–H and O–H groups in total. The molecule has 262 valence electrons. The van der Waals surface area contributed by atoms with Crippen LogP contribution >= 0.6 is 0 Å². The number of ether oxygens (including phenoxy) is 1. The van der Waals surface area contributed by atoms with Crippen molar-refractivity contribution >= 4 is 17.4 Å². The quantitative estimate of drug-likeness (QED) is 0.163. The van der Waals surface area contributed by atoms with Crippen LogP contribution in [0.2, 0.25) is 0 Å². The number of amides is 1. The number of carbonyl (C=O) groups is 1. The minimum absolute atomic E-state index is 0.135. The van der Waals surface area contributed by atoms with Gasteiger partial charge in [0, 0.05) is 25.3 Å². The maximum atomic E-state index is 12.8. The smallest absolute Gasteiger partial charge is 0.410 e. The number of aromatic nitrogens is 6. The number of hydrogen-bond acceptors (Lipinski definition) is 10. The molecule has 1 amide bonds. The number of hydrogen-bond donors (Lipinski definition) is 6. The molecule has 2 aliphatic heterocycles. The highest BCUT2D eigenvalue weighted by atomic mass is 16.6. The van der Waals surface area contributed by atoms with Crippen molar-refractivity contribution < 1.29 is 24.9 Å². The Morgan fingerprint density at radius 2 is 1.43 bits per heavy atom. The first-order chi connectivity index (χ1) is 23.6. The largest absolute Gasteiger partial charge is 0.493 e. The van der Waals surface area contributed by atoms with E-state index in [4.69, 9.17) is 9.84 Å². The molecule has 15 nitrogen and oxygen atoms in total. The molecule has 0 unspecified atom stereocenters. The van der Waals surface area contributed by atoms with E-state index in [-0.39, 0.29) is 42.6 Å². The lowest BCUT2D eigenvalue weighted by molar-refractivity contribution is 0.0553. The van der Waals surface area contributed by atoms with E-state index < -0.39 is 11.7 Å². The van der Waals surface area contributed by atoms with E-state index in [2.05, 4.69) is 39.3 Å². The predicted molar refractivity (Wildman–Crippen MR) is 181 cm³/mol. The van der Waals surface area contributed by atoms with E-state index in [1.807, 2.05) is 36.4 Å². The summed E-state index contributed by atoms with van der Waals surface area (Å²) in [6.07, 6.45) is 3.47. The van der Waals surface area contributed by atoms with Crippen LogP contribution in [0, 0.1) is 11.8 Å². The van der Waals surface area contributed by atoms with Crippen molar-refractivity contribution in [1.29, 1.82) is 0 Å². The van der Waals surface area contributed by atoms with Crippen molar-refractivity contribution in [2.45, 2.75) is 65.1 Å². The summed E-state index contributed by atoms with van der Waals surface area (Å²) in [5.74, 6) is 0.661. The predicted octanol–water partition coefficient (Wildman–Crippen LogP) is 3.63. The third-order valence-electron chi connectivity index (χ3n) is 8.53. The fraction of sp³-hybridized carbons (Fsp3) is 0.441. The lowest BCUT2D eigenvalue weighted by Gasteiger charge is -2.36. The fourth-order valence-corrected chi connectivity index (χ4v) is 6.06. The second-order valence-corrected chi connectivity index (χ2v) is 12.6. The Hall–Kier alpha value is -5.15. The molecule has 2 aliphatic rings. The minimum atomic E-state index is -0.409. The number of piperidine rings is 2. The number of rotatable bonds is 4. The molecule has 49 heavy (non-hydrogen) atoms. The second kappa shape index (κ2) is 15.8. The van der Waals surface area contributed by atoms with Gasteiger partial charge in [0.2, 0.25) is 11.8 Å². The third-order valence-corrected chi connectivity index (χ3v) is 8.53. The number of nitrogens with one attached hydrogen (secondary N) is 3. The Labute approximate surface area is 282 Å². The summed E-state index contributed by atoms with van der Waals surface area (Å²) >= 11 is 0. The first-order valence-corrected chi connectivity index (χ1v) is 16.5. The Morgan fingerprint density at radius 1 is 0.857 bits per heavy atom. The monoisotopic (exact) mass is 676 g/mol. The summed E-state index contributed by atoms with van der Waals surface area (Å²) in [6.45, 7) is 7.99. The first kappa shape index (κ1) is 35.2. The van der Waals surface area contributed by atoms with Gasteiger partial charge < -0.3 is 35.3 Å². The molecule has 7 rings (SSSR count). The van der Waals surface area contributed by atoms with E-state index >= 15 is 0 Å². The molecule has 0 saturated carbocycles. The van der Waals surface area contributed by atoms with Crippen LogP contribution < -0.4 is 16.4 Å². The highest BCUT2D eigenvalue weighted by molar-refractivity contribution is 5.68. The van der Waals surface area contributed by atoms with Crippen LogP contribution in [0.1, 0.15) is 75.5 Å². The molecule has 4 aromatic heterocycles. The van der Waals surface area contributed by atoms with Crippen LogP contribution in [0.15, 0.2) is 64.2 Å². The summed E-state index contributed by atoms with van der Waals surface area (Å²) in [7, 11) is 0. The number of aliphatic hydroxyl groups excluding tert-OH is 1. The summed E-state index contributed by atoms with van der Waals surface area (Å²) in [4.78, 5) is 42.6. The average Bonchev–Trinajstić information content (AvgIpc) is 3.70. The molecule has 2 saturated heterocycles. The zero-order valence-corrected chi connectivity index (χ0v) is 27.9. The highest BCUT2D eigenvalue weighted by Crippen LogP contribution is 2.34. The molecule has 0 spiro atoms. The normalized spacial score (nSPS) is 20.6. The van der Waals surface area contributed by atoms with Crippen LogP contribution in [-0.4, -0.2) is 75.2 Å².